The summed E-state index contributed by atoms with van der Waals surface area (Å²) in [6.07, 6.45) is -4.53. The number of rotatable bonds is 5. The van der Waals surface area contributed by atoms with Gasteiger partial charge >= 0.3 is 12.1 Å². The Morgan fingerprint density at radius 1 is 1.17 bits per heavy atom. The standard InChI is InChI=1S/C16H15F3N2O3/c1-10-20-13(16(17,18)19)8-14(21-10)24-9-12-6-4-3-5-11(12)7-15(22)23-2/h3-6,8H,7,9H2,1-2H3. The van der Waals surface area contributed by atoms with Crippen LogP contribution >= 0.6 is 0 Å². The van der Waals surface area contributed by atoms with Gasteiger partial charge in [0.25, 0.3) is 0 Å². The first-order chi connectivity index (χ1) is 11.3. The number of alkyl halides is 3. The molecule has 0 saturated carbocycles. The summed E-state index contributed by atoms with van der Waals surface area (Å²) in [5.41, 5.74) is 0.270. The number of carbonyl (C=O) groups excluding carboxylic acids is 1. The van der Waals surface area contributed by atoms with Crippen molar-refractivity contribution < 1.29 is 27.4 Å². The molecule has 0 aliphatic carbocycles. The number of aromatic nitrogens is 2. The van der Waals surface area contributed by atoms with Crippen LogP contribution < -0.4 is 4.74 Å². The van der Waals surface area contributed by atoms with Gasteiger partial charge in [0.05, 0.1) is 13.5 Å². The highest BCUT2D eigenvalue weighted by Gasteiger charge is 2.33. The zero-order valence-corrected chi connectivity index (χ0v) is 13.1. The van der Waals surface area contributed by atoms with E-state index in [9.17, 15) is 18.0 Å². The van der Waals surface area contributed by atoms with Crippen molar-refractivity contribution in [1.82, 2.24) is 9.97 Å². The number of aryl methyl sites for hydroxylation is 1. The molecule has 1 aromatic heterocycles. The Morgan fingerprint density at radius 3 is 2.46 bits per heavy atom. The summed E-state index contributed by atoms with van der Waals surface area (Å²) in [7, 11) is 1.28. The second-order valence-corrected chi connectivity index (χ2v) is 4.95. The molecule has 0 N–H and O–H groups in total. The van der Waals surface area contributed by atoms with E-state index in [1.54, 1.807) is 24.3 Å². The van der Waals surface area contributed by atoms with E-state index in [1.807, 2.05) is 0 Å². The van der Waals surface area contributed by atoms with E-state index in [4.69, 9.17) is 4.74 Å². The number of hydrogen-bond donors (Lipinski definition) is 0. The number of carbonyl (C=O) groups is 1. The van der Waals surface area contributed by atoms with Crippen LogP contribution in [-0.2, 0) is 28.7 Å². The van der Waals surface area contributed by atoms with Crippen molar-refractivity contribution in [3.8, 4) is 5.88 Å². The first kappa shape index (κ1) is 17.7. The van der Waals surface area contributed by atoms with E-state index in [2.05, 4.69) is 14.7 Å². The summed E-state index contributed by atoms with van der Waals surface area (Å²) in [5, 5.41) is 0. The maximum Gasteiger partial charge on any atom is 0.433 e. The molecule has 2 aromatic rings. The maximum atomic E-state index is 12.8. The van der Waals surface area contributed by atoms with E-state index < -0.39 is 17.8 Å². The number of benzene rings is 1. The molecule has 0 radical (unpaired) electrons. The van der Waals surface area contributed by atoms with Crippen molar-refractivity contribution in [2.75, 3.05) is 7.11 Å². The highest BCUT2D eigenvalue weighted by Crippen LogP contribution is 2.29. The molecule has 1 heterocycles. The van der Waals surface area contributed by atoms with Crippen molar-refractivity contribution in [2.45, 2.75) is 26.1 Å². The fourth-order valence-electron chi connectivity index (χ4n) is 2.01. The Hall–Kier alpha value is -2.64. The number of halogens is 3. The fraction of sp³-hybridized carbons (Fsp3) is 0.312. The van der Waals surface area contributed by atoms with Gasteiger partial charge in [-0.15, -0.1) is 0 Å². The van der Waals surface area contributed by atoms with Gasteiger partial charge in [0.15, 0.2) is 5.69 Å². The number of nitrogens with zero attached hydrogens (tertiary/aromatic N) is 2. The van der Waals surface area contributed by atoms with Crippen molar-refractivity contribution in [3.05, 3.63) is 53.0 Å². The highest BCUT2D eigenvalue weighted by atomic mass is 19.4. The Balaban J connectivity index is 2.17. The molecule has 0 bridgehead atoms. The molecule has 8 heteroatoms. The van der Waals surface area contributed by atoms with E-state index in [1.165, 1.54) is 14.0 Å². The topological polar surface area (TPSA) is 61.3 Å². The molecule has 5 nitrogen and oxygen atoms in total. The summed E-state index contributed by atoms with van der Waals surface area (Å²) in [6, 6.07) is 7.68. The fourth-order valence-corrected chi connectivity index (χ4v) is 2.01. The molecule has 24 heavy (non-hydrogen) atoms. The van der Waals surface area contributed by atoms with Gasteiger partial charge in [-0.2, -0.15) is 18.2 Å². The van der Waals surface area contributed by atoms with Crippen molar-refractivity contribution in [1.29, 1.82) is 0 Å². The molecule has 2 rings (SSSR count). The summed E-state index contributed by atoms with van der Waals surface area (Å²) in [4.78, 5) is 18.6. The molecule has 0 unspecified atom stereocenters. The van der Waals surface area contributed by atoms with Crippen LogP contribution in [0, 0.1) is 6.92 Å². The SMILES string of the molecule is COC(=O)Cc1ccccc1COc1cc(C(F)(F)F)nc(C)n1. The van der Waals surface area contributed by atoms with Gasteiger partial charge in [-0.1, -0.05) is 24.3 Å². The van der Waals surface area contributed by atoms with Gasteiger partial charge < -0.3 is 9.47 Å². The molecule has 128 valence electrons. The Morgan fingerprint density at radius 2 is 1.83 bits per heavy atom. The van der Waals surface area contributed by atoms with Crippen LogP contribution in [0.1, 0.15) is 22.6 Å². The van der Waals surface area contributed by atoms with Gasteiger partial charge in [-0.05, 0) is 18.1 Å². The van der Waals surface area contributed by atoms with E-state index >= 15 is 0 Å². The zero-order valence-electron chi connectivity index (χ0n) is 13.1. The van der Waals surface area contributed by atoms with Crippen LogP contribution in [0.5, 0.6) is 5.88 Å². The predicted molar refractivity (Wildman–Crippen MR) is 78.3 cm³/mol. The third-order valence-electron chi connectivity index (χ3n) is 3.16. The lowest BCUT2D eigenvalue weighted by Gasteiger charge is -2.12. The van der Waals surface area contributed by atoms with Gasteiger partial charge in [-0.25, -0.2) is 4.98 Å². The molecular weight excluding hydrogens is 325 g/mol. The largest absolute Gasteiger partial charge is 0.473 e. The average Bonchev–Trinajstić information content (AvgIpc) is 2.52. The van der Waals surface area contributed by atoms with Crippen LogP contribution in [0.3, 0.4) is 0 Å². The van der Waals surface area contributed by atoms with Crippen LogP contribution in [0.15, 0.2) is 30.3 Å². The van der Waals surface area contributed by atoms with E-state index in [0.29, 0.717) is 11.1 Å². The van der Waals surface area contributed by atoms with Gasteiger partial charge in [0, 0.05) is 6.07 Å². The first-order valence-electron chi connectivity index (χ1n) is 6.99. The minimum atomic E-state index is -4.57. The molecule has 0 fully saturated rings. The smallest absolute Gasteiger partial charge is 0.433 e. The quantitative estimate of drug-likeness (QED) is 0.783. The lowest BCUT2D eigenvalue weighted by Crippen LogP contribution is -2.12. The summed E-state index contributed by atoms with van der Waals surface area (Å²) in [6.45, 7) is 1.33. The monoisotopic (exact) mass is 340 g/mol. The molecule has 0 spiro atoms. The van der Waals surface area contributed by atoms with Crippen molar-refractivity contribution in [2.24, 2.45) is 0 Å². The summed E-state index contributed by atoms with van der Waals surface area (Å²) in [5.74, 6) is -0.634. The van der Waals surface area contributed by atoms with Crippen LogP contribution in [0.4, 0.5) is 13.2 Å². The van der Waals surface area contributed by atoms with Gasteiger partial charge in [-0.3, -0.25) is 4.79 Å². The molecule has 1 aromatic carbocycles. The lowest BCUT2D eigenvalue weighted by molar-refractivity contribution is -0.141. The minimum absolute atomic E-state index is 0.0269. The average molecular weight is 340 g/mol. The predicted octanol–water partition coefficient (Wildman–Crippen LogP) is 3.10. The summed E-state index contributed by atoms with van der Waals surface area (Å²) < 4.78 is 48.3. The van der Waals surface area contributed by atoms with Crippen LogP contribution in [0.25, 0.3) is 0 Å². The number of methoxy groups -OCH3 is 1. The van der Waals surface area contributed by atoms with Crippen molar-refractivity contribution >= 4 is 5.97 Å². The number of hydrogen-bond acceptors (Lipinski definition) is 5. The molecule has 0 aliphatic heterocycles. The van der Waals surface area contributed by atoms with Crippen molar-refractivity contribution in [3.63, 3.8) is 0 Å². The molecular formula is C16H15F3N2O3. The maximum absolute atomic E-state index is 12.8. The van der Waals surface area contributed by atoms with Crippen LogP contribution in [-0.4, -0.2) is 23.0 Å². The van der Waals surface area contributed by atoms with Crippen LogP contribution in [0.2, 0.25) is 0 Å². The normalized spacial score (nSPS) is 11.2. The third-order valence-corrected chi connectivity index (χ3v) is 3.16. The zero-order chi connectivity index (χ0) is 17.7. The van der Waals surface area contributed by atoms with Gasteiger partial charge in [0.2, 0.25) is 5.88 Å². The first-order valence-corrected chi connectivity index (χ1v) is 6.99. The highest BCUT2D eigenvalue weighted by molar-refractivity contribution is 5.72. The summed E-state index contributed by atoms with van der Waals surface area (Å²) >= 11 is 0. The second-order valence-electron chi connectivity index (χ2n) is 4.95. The van der Waals surface area contributed by atoms with Gasteiger partial charge in [0.1, 0.15) is 12.4 Å². The molecule has 0 aliphatic rings. The lowest BCUT2D eigenvalue weighted by atomic mass is 10.1. The van der Waals surface area contributed by atoms with E-state index in [0.717, 1.165) is 6.07 Å². The molecule has 0 amide bonds. The number of esters is 1. The Labute approximate surface area is 136 Å². The molecule has 0 atom stereocenters. The Bertz CT molecular complexity index is 733. The van der Waals surface area contributed by atoms with E-state index in [-0.39, 0.29) is 24.7 Å². The number of ether oxygens (including phenoxy) is 2. The second kappa shape index (κ2) is 7.29. The minimum Gasteiger partial charge on any atom is -0.473 e. The molecule has 0 saturated heterocycles. The third kappa shape index (κ3) is 4.68. The Kier molecular flexibility index (Phi) is 5.38.